The molecule has 1 saturated carbocycles. The fraction of sp³-hybridized carbons (Fsp3) is 0.882. The normalized spacial score (nSPS) is 44.1. The highest BCUT2D eigenvalue weighted by atomic mass is 16.2. The van der Waals surface area contributed by atoms with Crippen molar-refractivity contribution in [3.63, 3.8) is 0 Å². The minimum Gasteiger partial charge on any atom is -0.353 e. The van der Waals surface area contributed by atoms with E-state index in [9.17, 15) is 9.59 Å². The van der Waals surface area contributed by atoms with Crippen LogP contribution in [0.5, 0.6) is 0 Å². The Hall–Kier alpha value is -1.10. The Morgan fingerprint density at radius 3 is 2.32 bits per heavy atom. The molecule has 3 saturated heterocycles. The first kappa shape index (κ1) is 14.5. The van der Waals surface area contributed by atoms with E-state index in [-0.39, 0.29) is 23.3 Å². The maximum atomic E-state index is 12.5. The Balaban J connectivity index is 1.28. The van der Waals surface area contributed by atoms with Crippen molar-refractivity contribution in [1.29, 1.82) is 0 Å². The molecule has 5 heteroatoms. The van der Waals surface area contributed by atoms with Gasteiger partial charge in [0.1, 0.15) is 0 Å². The molecular formula is C17H27N3O2. The lowest BCUT2D eigenvalue weighted by Crippen LogP contribution is -2.51. The van der Waals surface area contributed by atoms with Crippen LogP contribution in [-0.4, -0.2) is 35.5 Å². The van der Waals surface area contributed by atoms with Crippen molar-refractivity contribution in [1.82, 2.24) is 16.0 Å². The predicted molar refractivity (Wildman–Crippen MR) is 83.2 cm³/mol. The third kappa shape index (κ3) is 2.75. The SMILES string of the molecule is O=C1CCC2(CCC(NC(=O)C3CC4CCC(C3)N4)CC2)N1. The standard InChI is InChI=1S/C17H27N3O2/c21-15-5-8-17(20-15)6-3-12(4-7-17)19-16(22)11-9-13-1-2-14(10-11)18-13/h11-14,18H,1-10H2,(H,19,22)(H,20,21). The summed E-state index contributed by atoms with van der Waals surface area (Å²) >= 11 is 0. The van der Waals surface area contributed by atoms with E-state index < -0.39 is 0 Å². The molecule has 2 atom stereocenters. The molecule has 4 rings (SSSR count). The molecule has 2 unspecified atom stereocenters. The molecule has 0 aromatic carbocycles. The first-order valence-corrected chi connectivity index (χ1v) is 8.99. The first-order chi connectivity index (χ1) is 10.6. The van der Waals surface area contributed by atoms with Gasteiger partial charge in [-0.15, -0.1) is 0 Å². The number of fused-ring (bicyclic) bond motifs is 2. The second-order valence-electron chi connectivity index (χ2n) is 7.92. The number of nitrogens with one attached hydrogen (secondary N) is 3. The Bertz CT molecular complexity index is 459. The summed E-state index contributed by atoms with van der Waals surface area (Å²) in [6, 6.07) is 1.44. The number of rotatable bonds is 2. The molecule has 0 radical (unpaired) electrons. The van der Waals surface area contributed by atoms with Gasteiger partial charge >= 0.3 is 0 Å². The van der Waals surface area contributed by atoms with Crippen LogP contribution >= 0.6 is 0 Å². The average Bonchev–Trinajstić information content (AvgIpc) is 3.04. The highest BCUT2D eigenvalue weighted by molar-refractivity contribution is 5.80. The van der Waals surface area contributed by atoms with Crippen LogP contribution in [0.25, 0.3) is 0 Å². The molecule has 1 spiro atoms. The molecule has 0 aromatic heterocycles. The van der Waals surface area contributed by atoms with Crippen molar-refractivity contribution >= 4 is 11.8 Å². The summed E-state index contributed by atoms with van der Waals surface area (Å²) in [7, 11) is 0. The second kappa shape index (κ2) is 5.52. The summed E-state index contributed by atoms with van der Waals surface area (Å²) in [5.41, 5.74) is 0.0478. The molecule has 3 N–H and O–H groups in total. The molecule has 0 aromatic rings. The van der Waals surface area contributed by atoms with Crippen LogP contribution in [0, 0.1) is 5.92 Å². The molecule has 4 fully saturated rings. The minimum atomic E-state index is 0.0478. The van der Waals surface area contributed by atoms with E-state index in [1.165, 1.54) is 12.8 Å². The van der Waals surface area contributed by atoms with Gasteiger partial charge in [-0.2, -0.15) is 0 Å². The van der Waals surface area contributed by atoms with Gasteiger partial charge in [0.2, 0.25) is 11.8 Å². The molecule has 3 aliphatic heterocycles. The topological polar surface area (TPSA) is 70.2 Å². The third-order valence-corrected chi connectivity index (χ3v) is 6.37. The molecule has 1 aliphatic carbocycles. The molecule has 122 valence electrons. The maximum Gasteiger partial charge on any atom is 0.223 e. The van der Waals surface area contributed by atoms with E-state index in [4.69, 9.17) is 0 Å². The number of hydrogen-bond donors (Lipinski definition) is 3. The highest BCUT2D eigenvalue weighted by Gasteiger charge is 2.42. The first-order valence-electron chi connectivity index (χ1n) is 8.99. The lowest BCUT2D eigenvalue weighted by atomic mass is 9.78. The van der Waals surface area contributed by atoms with Gasteiger partial charge in [0.25, 0.3) is 0 Å². The quantitative estimate of drug-likeness (QED) is 0.718. The smallest absolute Gasteiger partial charge is 0.223 e. The fourth-order valence-electron chi connectivity index (χ4n) is 5.05. The van der Waals surface area contributed by atoms with Gasteiger partial charge in [0.05, 0.1) is 0 Å². The molecule has 2 amide bonds. The van der Waals surface area contributed by atoms with Crippen molar-refractivity contribution < 1.29 is 9.59 Å². The number of amides is 2. The van der Waals surface area contributed by atoms with Crippen molar-refractivity contribution in [2.45, 2.75) is 87.9 Å². The van der Waals surface area contributed by atoms with Crippen molar-refractivity contribution in [2.24, 2.45) is 5.92 Å². The highest BCUT2D eigenvalue weighted by Crippen LogP contribution is 2.36. The number of hydrogen-bond acceptors (Lipinski definition) is 3. The van der Waals surface area contributed by atoms with Crippen molar-refractivity contribution in [3.05, 3.63) is 0 Å². The maximum absolute atomic E-state index is 12.5. The van der Waals surface area contributed by atoms with Gasteiger partial charge in [-0.1, -0.05) is 0 Å². The Morgan fingerprint density at radius 1 is 1.05 bits per heavy atom. The zero-order valence-electron chi connectivity index (χ0n) is 13.2. The molecule has 3 heterocycles. The van der Waals surface area contributed by atoms with Crippen LogP contribution < -0.4 is 16.0 Å². The zero-order valence-corrected chi connectivity index (χ0v) is 13.2. The molecule has 22 heavy (non-hydrogen) atoms. The van der Waals surface area contributed by atoms with Gasteiger partial charge in [0.15, 0.2) is 0 Å². The molecular weight excluding hydrogens is 278 g/mol. The van der Waals surface area contributed by atoms with Gasteiger partial charge in [-0.05, 0) is 57.8 Å². The van der Waals surface area contributed by atoms with Crippen LogP contribution in [-0.2, 0) is 9.59 Å². The summed E-state index contributed by atoms with van der Waals surface area (Å²) in [4.78, 5) is 24.0. The van der Waals surface area contributed by atoms with Gasteiger partial charge < -0.3 is 16.0 Å². The lowest BCUT2D eigenvalue weighted by Gasteiger charge is -2.38. The minimum absolute atomic E-state index is 0.0478. The number of piperidine rings is 1. The lowest BCUT2D eigenvalue weighted by molar-refractivity contribution is -0.127. The van der Waals surface area contributed by atoms with Crippen LogP contribution in [0.1, 0.15) is 64.2 Å². The van der Waals surface area contributed by atoms with Crippen molar-refractivity contribution in [2.75, 3.05) is 0 Å². The summed E-state index contributed by atoms with van der Waals surface area (Å²) in [5.74, 6) is 0.684. The Kier molecular flexibility index (Phi) is 3.63. The summed E-state index contributed by atoms with van der Waals surface area (Å²) in [6.45, 7) is 0. The third-order valence-electron chi connectivity index (χ3n) is 6.37. The molecule has 2 bridgehead atoms. The van der Waals surface area contributed by atoms with Crippen molar-refractivity contribution in [3.8, 4) is 0 Å². The van der Waals surface area contributed by atoms with E-state index in [2.05, 4.69) is 16.0 Å². The Morgan fingerprint density at radius 2 is 1.73 bits per heavy atom. The zero-order chi connectivity index (χ0) is 15.2. The van der Waals surface area contributed by atoms with E-state index in [1.807, 2.05) is 0 Å². The average molecular weight is 305 g/mol. The van der Waals surface area contributed by atoms with E-state index in [1.54, 1.807) is 0 Å². The Labute approximate surface area is 132 Å². The summed E-state index contributed by atoms with van der Waals surface area (Å²) < 4.78 is 0. The van der Waals surface area contributed by atoms with Crippen LogP contribution in [0.3, 0.4) is 0 Å². The van der Waals surface area contributed by atoms with E-state index >= 15 is 0 Å². The van der Waals surface area contributed by atoms with Gasteiger partial charge in [0, 0.05) is 36.0 Å². The second-order valence-corrected chi connectivity index (χ2v) is 7.92. The summed E-state index contributed by atoms with van der Waals surface area (Å²) in [6.07, 6.45) is 10.2. The predicted octanol–water partition coefficient (Wildman–Crippen LogP) is 1.22. The number of carbonyl (C=O) groups is 2. The monoisotopic (exact) mass is 305 g/mol. The van der Waals surface area contributed by atoms with Crippen LogP contribution in [0.2, 0.25) is 0 Å². The van der Waals surface area contributed by atoms with Gasteiger partial charge in [-0.3, -0.25) is 9.59 Å². The van der Waals surface area contributed by atoms with Crippen LogP contribution in [0.4, 0.5) is 0 Å². The van der Waals surface area contributed by atoms with E-state index in [0.717, 1.165) is 44.9 Å². The fourth-order valence-corrected chi connectivity index (χ4v) is 5.05. The summed E-state index contributed by atoms with van der Waals surface area (Å²) in [5, 5.41) is 10.1. The molecule has 5 nitrogen and oxygen atoms in total. The van der Waals surface area contributed by atoms with Crippen LogP contribution in [0.15, 0.2) is 0 Å². The number of carbonyl (C=O) groups excluding carboxylic acids is 2. The van der Waals surface area contributed by atoms with E-state index in [0.29, 0.717) is 24.5 Å². The molecule has 4 aliphatic rings. The van der Waals surface area contributed by atoms with Gasteiger partial charge in [-0.25, -0.2) is 0 Å². The largest absolute Gasteiger partial charge is 0.353 e.